The fraction of sp³-hybridized carbons (Fsp3) is 0.588. The summed E-state index contributed by atoms with van der Waals surface area (Å²) in [4.78, 5) is 7.12. The standard InChI is InChI=1S/C17H24ClN3/c1-13-6-7-14-15(10-13)21(16(11-18)19-14)12-17(20(2)3)8-4-5-9-17/h6-7,10H,4-5,8-9,11-12H2,1-3H3. The Bertz CT molecular complexity index is 639. The molecular formula is C17H24ClN3. The van der Waals surface area contributed by atoms with Crippen LogP contribution in [0, 0.1) is 6.92 Å². The highest BCUT2D eigenvalue weighted by molar-refractivity contribution is 6.16. The summed E-state index contributed by atoms with van der Waals surface area (Å²) >= 11 is 6.16. The maximum absolute atomic E-state index is 6.16. The van der Waals surface area contributed by atoms with Crippen LogP contribution in [0.25, 0.3) is 11.0 Å². The Morgan fingerprint density at radius 2 is 2.00 bits per heavy atom. The van der Waals surface area contributed by atoms with Crippen molar-refractivity contribution in [2.24, 2.45) is 0 Å². The molecule has 0 bridgehead atoms. The number of nitrogens with zero attached hydrogens (tertiary/aromatic N) is 3. The lowest BCUT2D eigenvalue weighted by molar-refractivity contribution is 0.134. The average Bonchev–Trinajstić information content (AvgIpc) is 3.05. The van der Waals surface area contributed by atoms with Crippen molar-refractivity contribution in [3.63, 3.8) is 0 Å². The molecule has 0 N–H and O–H groups in total. The van der Waals surface area contributed by atoms with Gasteiger partial charge >= 0.3 is 0 Å². The van der Waals surface area contributed by atoms with E-state index in [4.69, 9.17) is 16.6 Å². The molecule has 2 aromatic rings. The van der Waals surface area contributed by atoms with Gasteiger partial charge in [0, 0.05) is 12.1 Å². The smallest absolute Gasteiger partial charge is 0.124 e. The minimum atomic E-state index is 0.248. The highest BCUT2D eigenvalue weighted by Gasteiger charge is 2.37. The Labute approximate surface area is 131 Å². The number of hydrogen-bond acceptors (Lipinski definition) is 2. The summed E-state index contributed by atoms with van der Waals surface area (Å²) in [5.74, 6) is 1.46. The van der Waals surface area contributed by atoms with Crippen LogP contribution in [0.3, 0.4) is 0 Å². The predicted molar refractivity (Wildman–Crippen MR) is 88.9 cm³/mol. The van der Waals surface area contributed by atoms with E-state index < -0.39 is 0 Å². The molecule has 3 nitrogen and oxygen atoms in total. The maximum Gasteiger partial charge on any atom is 0.124 e. The first-order valence-corrected chi connectivity index (χ1v) is 8.28. The predicted octanol–water partition coefficient (Wildman–Crippen LogP) is 3.96. The molecule has 1 aromatic heterocycles. The molecule has 1 aliphatic rings. The Morgan fingerprint density at radius 3 is 2.62 bits per heavy atom. The van der Waals surface area contributed by atoms with Gasteiger partial charge in [0.1, 0.15) is 5.82 Å². The molecular weight excluding hydrogens is 282 g/mol. The molecule has 114 valence electrons. The van der Waals surface area contributed by atoms with E-state index in [0.717, 1.165) is 17.9 Å². The minimum absolute atomic E-state index is 0.248. The van der Waals surface area contributed by atoms with E-state index in [0.29, 0.717) is 5.88 Å². The van der Waals surface area contributed by atoms with E-state index in [1.54, 1.807) is 0 Å². The van der Waals surface area contributed by atoms with E-state index in [1.807, 2.05) is 0 Å². The number of aryl methyl sites for hydroxylation is 1. The summed E-state index contributed by atoms with van der Waals surface area (Å²) < 4.78 is 2.35. The Balaban J connectivity index is 2.08. The maximum atomic E-state index is 6.16. The van der Waals surface area contributed by atoms with Crippen molar-refractivity contribution in [2.75, 3.05) is 14.1 Å². The molecule has 1 saturated carbocycles. The molecule has 0 radical (unpaired) electrons. The second kappa shape index (κ2) is 5.62. The zero-order chi connectivity index (χ0) is 15.0. The van der Waals surface area contributed by atoms with Crippen molar-refractivity contribution in [2.45, 2.75) is 50.6 Å². The van der Waals surface area contributed by atoms with Gasteiger partial charge in [0.25, 0.3) is 0 Å². The third kappa shape index (κ3) is 2.58. The molecule has 0 aliphatic heterocycles. The molecule has 0 unspecified atom stereocenters. The molecule has 3 rings (SSSR count). The molecule has 0 amide bonds. The van der Waals surface area contributed by atoms with Crippen molar-refractivity contribution < 1.29 is 0 Å². The third-order valence-corrected chi connectivity index (χ3v) is 5.28. The summed E-state index contributed by atoms with van der Waals surface area (Å²) in [6.45, 7) is 3.12. The van der Waals surface area contributed by atoms with Crippen LogP contribution in [0.5, 0.6) is 0 Å². The highest BCUT2D eigenvalue weighted by Crippen LogP contribution is 2.36. The molecule has 21 heavy (non-hydrogen) atoms. The van der Waals surface area contributed by atoms with Gasteiger partial charge in [-0.3, -0.25) is 0 Å². The third-order valence-electron chi connectivity index (χ3n) is 5.04. The SMILES string of the molecule is Cc1ccc2nc(CCl)n(CC3(N(C)C)CCCC3)c2c1. The van der Waals surface area contributed by atoms with Gasteiger partial charge in [0.05, 0.1) is 16.9 Å². The van der Waals surface area contributed by atoms with Crippen molar-refractivity contribution in [1.82, 2.24) is 14.5 Å². The topological polar surface area (TPSA) is 21.1 Å². The van der Waals surface area contributed by atoms with Gasteiger partial charge in [-0.25, -0.2) is 4.98 Å². The van der Waals surface area contributed by atoms with Crippen molar-refractivity contribution in [1.29, 1.82) is 0 Å². The number of aromatic nitrogens is 2. The molecule has 0 atom stereocenters. The van der Waals surface area contributed by atoms with Gasteiger partial charge in [-0.2, -0.15) is 0 Å². The number of rotatable bonds is 4. The summed E-state index contributed by atoms with van der Waals surface area (Å²) in [5, 5.41) is 0. The molecule has 0 saturated heterocycles. The van der Waals surface area contributed by atoms with Gasteiger partial charge in [-0.1, -0.05) is 18.9 Å². The van der Waals surface area contributed by atoms with Gasteiger partial charge in [-0.15, -0.1) is 11.6 Å². The van der Waals surface area contributed by atoms with Crippen LogP contribution >= 0.6 is 11.6 Å². The largest absolute Gasteiger partial charge is 0.325 e. The summed E-state index contributed by atoms with van der Waals surface area (Å²) in [6, 6.07) is 6.46. The molecule has 1 aliphatic carbocycles. The lowest BCUT2D eigenvalue weighted by atomic mass is 9.95. The summed E-state index contributed by atoms with van der Waals surface area (Å²) in [7, 11) is 4.41. The lowest BCUT2D eigenvalue weighted by Crippen LogP contribution is -2.45. The fourth-order valence-corrected chi connectivity index (χ4v) is 3.84. The Hall–Kier alpha value is -1.06. The lowest BCUT2D eigenvalue weighted by Gasteiger charge is -2.37. The first-order valence-electron chi connectivity index (χ1n) is 7.75. The number of benzene rings is 1. The van der Waals surface area contributed by atoms with Gasteiger partial charge in [-0.05, 0) is 51.6 Å². The number of imidazole rings is 1. The zero-order valence-electron chi connectivity index (χ0n) is 13.2. The van der Waals surface area contributed by atoms with E-state index in [9.17, 15) is 0 Å². The average molecular weight is 306 g/mol. The summed E-state index contributed by atoms with van der Waals surface area (Å²) in [6.07, 6.45) is 5.15. The second-order valence-corrected chi connectivity index (χ2v) is 6.83. The first kappa shape index (κ1) is 14.9. The fourth-order valence-electron chi connectivity index (χ4n) is 3.64. The minimum Gasteiger partial charge on any atom is -0.325 e. The quantitative estimate of drug-likeness (QED) is 0.797. The van der Waals surface area contributed by atoms with Gasteiger partial charge < -0.3 is 9.47 Å². The van der Waals surface area contributed by atoms with Crippen LogP contribution in [-0.4, -0.2) is 34.1 Å². The Kier molecular flexibility index (Phi) is 3.98. The van der Waals surface area contributed by atoms with Crippen molar-refractivity contribution in [3.05, 3.63) is 29.6 Å². The number of halogens is 1. The van der Waals surface area contributed by atoms with Crippen molar-refractivity contribution >= 4 is 22.6 Å². The number of alkyl halides is 1. The number of hydrogen-bond donors (Lipinski definition) is 0. The molecule has 1 fully saturated rings. The Morgan fingerprint density at radius 1 is 1.29 bits per heavy atom. The van der Waals surface area contributed by atoms with Crippen LogP contribution in [0.2, 0.25) is 0 Å². The molecule has 0 spiro atoms. The van der Waals surface area contributed by atoms with Crippen LogP contribution in [0.15, 0.2) is 18.2 Å². The van der Waals surface area contributed by atoms with Crippen LogP contribution in [-0.2, 0) is 12.4 Å². The monoisotopic (exact) mass is 305 g/mol. The van der Waals surface area contributed by atoms with E-state index in [1.165, 1.54) is 36.8 Å². The summed E-state index contributed by atoms with van der Waals surface area (Å²) in [5.41, 5.74) is 3.80. The molecule has 1 heterocycles. The normalized spacial score (nSPS) is 18.0. The number of fused-ring (bicyclic) bond motifs is 1. The van der Waals surface area contributed by atoms with Crippen molar-refractivity contribution in [3.8, 4) is 0 Å². The zero-order valence-corrected chi connectivity index (χ0v) is 14.0. The van der Waals surface area contributed by atoms with E-state index in [-0.39, 0.29) is 5.54 Å². The van der Waals surface area contributed by atoms with Crippen LogP contribution in [0.1, 0.15) is 37.1 Å². The highest BCUT2D eigenvalue weighted by atomic mass is 35.5. The van der Waals surface area contributed by atoms with E-state index in [2.05, 4.69) is 48.7 Å². The molecule has 4 heteroatoms. The second-order valence-electron chi connectivity index (χ2n) is 6.57. The first-order chi connectivity index (χ1) is 10.1. The molecule has 1 aromatic carbocycles. The van der Waals surface area contributed by atoms with Crippen LogP contribution < -0.4 is 0 Å². The van der Waals surface area contributed by atoms with Gasteiger partial charge in [0.15, 0.2) is 0 Å². The van der Waals surface area contributed by atoms with E-state index >= 15 is 0 Å². The number of likely N-dealkylation sites (N-methyl/N-ethyl adjacent to an activating group) is 1. The van der Waals surface area contributed by atoms with Gasteiger partial charge in [0.2, 0.25) is 0 Å². The van der Waals surface area contributed by atoms with Crippen LogP contribution in [0.4, 0.5) is 0 Å².